The minimum Gasteiger partial charge on any atom is -0.321 e. The van der Waals surface area contributed by atoms with Crippen LogP contribution in [-0.2, 0) is 13.6 Å². The molecular formula is C13H25ClN4. The van der Waals surface area contributed by atoms with Crippen molar-refractivity contribution in [3.8, 4) is 0 Å². The first-order valence-corrected chi connectivity index (χ1v) is 6.82. The molecule has 0 aromatic carbocycles. The summed E-state index contributed by atoms with van der Waals surface area (Å²) in [5, 5.41) is 4.25. The number of nitrogens with zero attached hydrogens (tertiary/aromatic N) is 3. The average Bonchev–Trinajstić information content (AvgIpc) is 2.55. The van der Waals surface area contributed by atoms with Crippen LogP contribution in [0.2, 0.25) is 5.15 Å². The van der Waals surface area contributed by atoms with Crippen LogP contribution < -0.4 is 5.32 Å². The molecule has 1 aromatic heterocycles. The van der Waals surface area contributed by atoms with Crippen molar-refractivity contribution in [1.82, 2.24) is 19.8 Å². The number of imidazole rings is 1. The number of hydrogen-bond acceptors (Lipinski definition) is 3. The summed E-state index contributed by atoms with van der Waals surface area (Å²) in [7, 11) is 6.15. The van der Waals surface area contributed by atoms with Crippen LogP contribution in [0.5, 0.6) is 0 Å². The van der Waals surface area contributed by atoms with E-state index in [0.717, 1.165) is 25.3 Å². The Morgan fingerprint density at radius 2 is 2.11 bits per heavy atom. The second-order valence-electron chi connectivity index (χ2n) is 5.53. The van der Waals surface area contributed by atoms with Crippen molar-refractivity contribution in [2.45, 2.75) is 32.9 Å². The Morgan fingerprint density at radius 1 is 1.44 bits per heavy atom. The van der Waals surface area contributed by atoms with E-state index >= 15 is 0 Å². The normalized spacial score (nSPS) is 13.6. The third kappa shape index (κ3) is 4.96. The smallest absolute Gasteiger partial charge is 0.128 e. The molecule has 0 fully saturated rings. The van der Waals surface area contributed by atoms with Gasteiger partial charge in [-0.1, -0.05) is 25.4 Å². The van der Waals surface area contributed by atoms with Crippen LogP contribution in [0.15, 0.2) is 6.20 Å². The molecule has 0 amide bonds. The van der Waals surface area contributed by atoms with Crippen LogP contribution >= 0.6 is 11.6 Å². The molecule has 0 saturated heterocycles. The molecule has 1 aromatic rings. The highest BCUT2D eigenvalue weighted by Gasteiger charge is 2.13. The van der Waals surface area contributed by atoms with Crippen molar-refractivity contribution in [3.05, 3.63) is 17.2 Å². The summed E-state index contributed by atoms with van der Waals surface area (Å²) in [6, 6.07) is 0.482. The van der Waals surface area contributed by atoms with Crippen molar-refractivity contribution in [2.75, 3.05) is 20.6 Å². The Balaban J connectivity index is 2.53. The van der Waals surface area contributed by atoms with E-state index in [2.05, 4.69) is 43.1 Å². The van der Waals surface area contributed by atoms with Gasteiger partial charge in [0.25, 0.3) is 0 Å². The fraction of sp³-hybridized carbons (Fsp3) is 0.769. The minimum absolute atomic E-state index is 0.482. The van der Waals surface area contributed by atoms with Crippen molar-refractivity contribution >= 4 is 11.6 Å². The molecule has 0 aliphatic carbocycles. The van der Waals surface area contributed by atoms with Crippen LogP contribution in [0.4, 0.5) is 0 Å². The molecule has 0 aliphatic heterocycles. The summed E-state index contributed by atoms with van der Waals surface area (Å²) >= 11 is 5.98. The van der Waals surface area contributed by atoms with Crippen LogP contribution in [-0.4, -0.2) is 41.1 Å². The first kappa shape index (κ1) is 15.5. The quantitative estimate of drug-likeness (QED) is 0.826. The van der Waals surface area contributed by atoms with E-state index in [4.69, 9.17) is 11.6 Å². The van der Waals surface area contributed by atoms with E-state index in [-0.39, 0.29) is 0 Å². The Kier molecular flexibility index (Phi) is 6.12. The molecule has 1 unspecified atom stereocenters. The molecule has 104 valence electrons. The van der Waals surface area contributed by atoms with Gasteiger partial charge in [-0.15, -0.1) is 0 Å². The van der Waals surface area contributed by atoms with Gasteiger partial charge in [-0.2, -0.15) is 0 Å². The highest BCUT2D eigenvalue weighted by atomic mass is 35.5. The molecule has 1 rings (SSSR count). The highest BCUT2D eigenvalue weighted by Crippen LogP contribution is 2.10. The lowest BCUT2D eigenvalue weighted by Crippen LogP contribution is -2.39. The van der Waals surface area contributed by atoms with Gasteiger partial charge in [0, 0.05) is 19.6 Å². The molecule has 1 atom stereocenters. The minimum atomic E-state index is 0.482. The van der Waals surface area contributed by atoms with Crippen LogP contribution in [0, 0.1) is 5.92 Å². The van der Waals surface area contributed by atoms with E-state index in [0.29, 0.717) is 17.1 Å². The fourth-order valence-corrected chi connectivity index (χ4v) is 2.20. The Hall–Kier alpha value is -0.580. The fourth-order valence-electron chi connectivity index (χ4n) is 2.06. The van der Waals surface area contributed by atoms with Gasteiger partial charge >= 0.3 is 0 Å². The van der Waals surface area contributed by atoms with E-state index in [9.17, 15) is 0 Å². The van der Waals surface area contributed by atoms with Gasteiger partial charge in [-0.25, -0.2) is 4.98 Å². The summed E-state index contributed by atoms with van der Waals surface area (Å²) in [6.45, 7) is 6.30. The molecular weight excluding hydrogens is 248 g/mol. The first-order chi connectivity index (χ1) is 8.40. The van der Waals surface area contributed by atoms with Gasteiger partial charge in [0.05, 0.1) is 12.7 Å². The monoisotopic (exact) mass is 272 g/mol. The number of rotatable bonds is 7. The lowest BCUT2D eigenvalue weighted by Gasteiger charge is -2.24. The van der Waals surface area contributed by atoms with Crippen LogP contribution in [0.3, 0.4) is 0 Å². The van der Waals surface area contributed by atoms with Gasteiger partial charge in [-0.3, -0.25) is 0 Å². The number of hydrogen-bond donors (Lipinski definition) is 1. The zero-order valence-corrected chi connectivity index (χ0v) is 12.8. The molecule has 0 bridgehead atoms. The average molecular weight is 273 g/mol. The number of nitrogens with one attached hydrogen (secondary N) is 1. The van der Waals surface area contributed by atoms with Crippen LogP contribution in [0.25, 0.3) is 0 Å². The van der Waals surface area contributed by atoms with E-state index in [1.54, 1.807) is 6.20 Å². The predicted molar refractivity (Wildman–Crippen MR) is 76.9 cm³/mol. The molecule has 5 heteroatoms. The lowest BCUT2D eigenvalue weighted by molar-refractivity contribution is 0.303. The second kappa shape index (κ2) is 7.12. The maximum Gasteiger partial charge on any atom is 0.128 e. The molecule has 4 nitrogen and oxygen atoms in total. The Morgan fingerprint density at radius 3 is 2.56 bits per heavy atom. The second-order valence-corrected chi connectivity index (χ2v) is 5.91. The molecule has 0 radical (unpaired) electrons. The zero-order chi connectivity index (χ0) is 13.7. The third-order valence-electron chi connectivity index (χ3n) is 2.92. The summed E-state index contributed by atoms with van der Waals surface area (Å²) in [4.78, 5) is 6.51. The summed E-state index contributed by atoms with van der Waals surface area (Å²) in [5.74, 6) is 1.67. The Bertz CT molecular complexity index is 350. The topological polar surface area (TPSA) is 33.1 Å². The SMILES string of the molecule is CC(C)CC(CN(C)C)NCc1ncc(Cl)n1C. The summed E-state index contributed by atoms with van der Waals surface area (Å²) < 4.78 is 1.91. The van der Waals surface area contributed by atoms with E-state index in [1.807, 2.05) is 11.6 Å². The zero-order valence-electron chi connectivity index (χ0n) is 12.1. The number of likely N-dealkylation sites (N-methyl/N-ethyl adjacent to an activating group) is 1. The third-order valence-corrected chi connectivity index (χ3v) is 3.27. The maximum absolute atomic E-state index is 5.98. The first-order valence-electron chi connectivity index (χ1n) is 6.44. The van der Waals surface area contributed by atoms with E-state index < -0.39 is 0 Å². The standard InChI is InChI=1S/C13H25ClN4/c1-10(2)6-11(9-17(3)4)15-8-13-16-7-12(14)18(13)5/h7,10-11,15H,6,8-9H2,1-5H3. The lowest BCUT2D eigenvalue weighted by atomic mass is 10.0. The van der Waals surface area contributed by atoms with E-state index in [1.165, 1.54) is 0 Å². The van der Waals surface area contributed by atoms with Crippen molar-refractivity contribution < 1.29 is 0 Å². The molecule has 1 heterocycles. The summed E-state index contributed by atoms with van der Waals surface area (Å²) in [5.41, 5.74) is 0. The highest BCUT2D eigenvalue weighted by molar-refractivity contribution is 6.29. The summed E-state index contributed by atoms with van der Waals surface area (Å²) in [6.07, 6.45) is 2.86. The predicted octanol–water partition coefficient (Wildman–Crippen LogP) is 2.14. The number of aromatic nitrogens is 2. The van der Waals surface area contributed by atoms with Gasteiger partial charge in [-0.05, 0) is 26.4 Å². The Labute approximate surface area is 115 Å². The van der Waals surface area contributed by atoms with Crippen molar-refractivity contribution in [1.29, 1.82) is 0 Å². The molecule has 0 aliphatic rings. The molecule has 1 N–H and O–H groups in total. The van der Waals surface area contributed by atoms with Crippen LogP contribution in [0.1, 0.15) is 26.1 Å². The molecule has 18 heavy (non-hydrogen) atoms. The molecule has 0 saturated carbocycles. The van der Waals surface area contributed by atoms with Gasteiger partial charge in [0.1, 0.15) is 11.0 Å². The maximum atomic E-state index is 5.98. The molecule has 0 spiro atoms. The number of halogens is 1. The van der Waals surface area contributed by atoms with Crippen molar-refractivity contribution in [2.24, 2.45) is 13.0 Å². The van der Waals surface area contributed by atoms with Crippen molar-refractivity contribution in [3.63, 3.8) is 0 Å². The largest absolute Gasteiger partial charge is 0.321 e. The van der Waals surface area contributed by atoms with Gasteiger partial charge < -0.3 is 14.8 Å². The van der Waals surface area contributed by atoms with Gasteiger partial charge in [0.15, 0.2) is 0 Å². The van der Waals surface area contributed by atoms with Gasteiger partial charge in [0.2, 0.25) is 0 Å².